The van der Waals surface area contributed by atoms with E-state index < -0.39 is 0 Å². The molecule has 2 aromatic rings. The van der Waals surface area contributed by atoms with Crippen molar-refractivity contribution in [2.24, 2.45) is 0 Å². The summed E-state index contributed by atoms with van der Waals surface area (Å²) in [6.07, 6.45) is 0.789. The Labute approximate surface area is 129 Å². The van der Waals surface area contributed by atoms with Crippen LogP contribution in [0.25, 0.3) is 0 Å². The molecule has 0 saturated heterocycles. The Morgan fingerprint density at radius 1 is 1.29 bits per heavy atom. The van der Waals surface area contributed by atoms with E-state index in [0.29, 0.717) is 12.5 Å². The minimum atomic E-state index is 0.166. The lowest BCUT2D eigenvalue weighted by Gasteiger charge is -2.11. The number of ether oxygens (including phenoxy) is 2. The first-order chi connectivity index (χ1) is 10.2. The Morgan fingerprint density at radius 2 is 2.05 bits per heavy atom. The van der Waals surface area contributed by atoms with Gasteiger partial charge in [-0.2, -0.15) is 4.98 Å². The standard InChI is InChI=1S/C15H20N2O3S/c1-4-14-16-15(20-17-14)11(2)21-10-9-19-13-8-6-5-7-12(13)18-3/h5-8,11H,4,9-10H2,1-3H3. The highest BCUT2D eigenvalue weighted by atomic mass is 32.2. The van der Waals surface area contributed by atoms with Crippen LogP contribution in [0.3, 0.4) is 0 Å². The van der Waals surface area contributed by atoms with E-state index in [1.165, 1.54) is 0 Å². The van der Waals surface area contributed by atoms with Crippen LogP contribution in [-0.2, 0) is 6.42 Å². The van der Waals surface area contributed by atoms with Crippen LogP contribution in [0.2, 0.25) is 0 Å². The predicted octanol–water partition coefficient (Wildman–Crippen LogP) is 3.51. The Kier molecular flexibility index (Phi) is 5.92. The predicted molar refractivity (Wildman–Crippen MR) is 83.0 cm³/mol. The maximum Gasteiger partial charge on any atom is 0.239 e. The lowest BCUT2D eigenvalue weighted by Crippen LogP contribution is -2.03. The van der Waals surface area contributed by atoms with Crippen molar-refractivity contribution < 1.29 is 14.0 Å². The second-order valence-corrected chi connectivity index (χ2v) is 5.86. The maximum atomic E-state index is 5.73. The van der Waals surface area contributed by atoms with E-state index in [1.54, 1.807) is 18.9 Å². The molecule has 2 rings (SSSR count). The Bertz CT molecular complexity index is 559. The average molecular weight is 308 g/mol. The topological polar surface area (TPSA) is 57.4 Å². The molecule has 0 bridgehead atoms. The highest BCUT2D eigenvalue weighted by Gasteiger charge is 2.14. The first kappa shape index (κ1) is 15.7. The van der Waals surface area contributed by atoms with Crippen molar-refractivity contribution in [2.75, 3.05) is 19.5 Å². The summed E-state index contributed by atoms with van der Waals surface area (Å²) in [5.41, 5.74) is 0. The molecule has 0 aliphatic heterocycles. The summed E-state index contributed by atoms with van der Waals surface area (Å²) >= 11 is 1.72. The summed E-state index contributed by atoms with van der Waals surface area (Å²) in [5, 5.41) is 4.07. The third-order valence-electron chi connectivity index (χ3n) is 2.93. The van der Waals surface area contributed by atoms with Crippen LogP contribution in [0.5, 0.6) is 11.5 Å². The summed E-state index contributed by atoms with van der Waals surface area (Å²) in [5.74, 6) is 3.78. The summed E-state index contributed by atoms with van der Waals surface area (Å²) < 4.78 is 16.2. The fraction of sp³-hybridized carbons (Fsp3) is 0.467. The molecule has 6 heteroatoms. The van der Waals surface area contributed by atoms with Crippen LogP contribution in [0.4, 0.5) is 0 Å². The molecule has 0 radical (unpaired) electrons. The van der Waals surface area contributed by atoms with Gasteiger partial charge in [-0.05, 0) is 19.1 Å². The van der Waals surface area contributed by atoms with Gasteiger partial charge in [0.05, 0.1) is 19.0 Å². The van der Waals surface area contributed by atoms with E-state index >= 15 is 0 Å². The molecular weight excluding hydrogens is 288 g/mol. The van der Waals surface area contributed by atoms with Crippen molar-refractivity contribution in [2.45, 2.75) is 25.5 Å². The summed E-state index contributed by atoms with van der Waals surface area (Å²) in [4.78, 5) is 4.33. The highest BCUT2D eigenvalue weighted by Crippen LogP contribution is 2.28. The molecule has 0 N–H and O–H groups in total. The van der Waals surface area contributed by atoms with Gasteiger partial charge in [-0.15, -0.1) is 11.8 Å². The van der Waals surface area contributed by atoms with Gasteiger partial charge in [0, 0.05) is 12.2 Å². The molecule has 1 unspecified atom stereocenters. The van der Waals surface area contributed by atoms with Gasteiger partial charge in [-0.1, -0.05) is 24.2 Å². The van der Waals surface area contributed by atoms with Crippen molar-refractivity contribution >= 4 is 11.8 Å². The number of thioether (sulfide) groups is 1. The number of para-hydroxylation sites is 2. The zero-order valence-electron chi connectivity index (χ0n) is 12.5. The quantitative estimate of drug-likeness (QED) is 0.696. The van der Waals surface area contributed by atoms with Gasteiger partial charge in [0.2, 0.25) is 5.89 Å². The SMILES string of the molecule is CCc1noc(C(C)SCCOc2ccccc2OC)n1. The van der Waals surface area contributed by atoms with Crippen LogP contribution in [-0.4, -0.2) is 29.6 Å². The van der Waals surface area contributed by atoms with Crippen LogP contribution in [0, 0.1) is 0 Å². The van der Waals surface area contributed by atoms with Gasteiger partial charge in [0.15, 0.2) is 17.3 Å². The monoisotopic (exact) mass is 308 g/mol. The van der Waals surface area contributed by atoms with Gasteiger partial charge in [0.25, 0.3) is 0 Å². The van der Waals surface area contributed by atoms with Crippen LogP contribution in [0.1, 0.15) is 30.8 Å². The number of hydrogen-bond acceptors (Lipinski definition) is 6. The first-order valence-electron chi connectivity index (χ1n) is 6.94. The Morgan fingerprint density at radius 3 is 2.71 bits per heavy atom. The van der Waals surface area contributed by atoms with E-state index in [4.69, 9.17) is 14.0 Å². The molecule has 0 spiro atoms. The van der Waals surface area contributed by atoms with Crippen LogP contribution in [0.15, 0.2) is 28.8 Å². The third-order valence-corrected chi connectivity index (χ3v) is 4.03. The zero-order valence-corrected chi connectivity index (χ0v) is 13.4. The van der Waals surface area contributed by atoms with E-state index in [1.807, 2.05) is 31.2 Å². The summed E-state index contributed by atoms with van der Waals surface area (Å²) in [6, 6.07) is 7.63. The van der Waals surface area contributed by atoms with Crippen molar-refractivity contribution in [1.29, 1.82) is 0 Å². The molecule has 114 valence electrons. The minimum absolute atomic E-state index is 0.166. The molecule has 5 nitrogen and oxygen atoms in total. The molecule has 0 aliphatic carbocycles. The molecule has 1 heterocycles. The molecule has 0 amide bonds. The molecule has 1 aromatic heterocycles. The van der Waals surface area contributed by atoms with Crippen molar-refractivity contribution in [3.8, 4) is 11.5 Å². The molecular formula is C15H20N2O3S. The number of hydrogen-bond donors (Lipinski definition) is 0. The molecule has 0 aliphatic rings. The fourth-order valence-corrected chi connectivity index (χ4v) is 2.53. The highest BCUT2D eigenvalue weighted by molar-refractivity contribution is 7.99. The number of aromatic nitrogens is 2. The zero-order chi connectivity index (χ0) is 15.1. The van der Waals surface area contributed by atoms with Gasteiger partial charge < -0.3 is 14.0 Å². The average Bonchev–Trinajstić information content (AvgIpc) is 3.01. The molecule has 0 saturated carbocycles. The minimum Gasteiger partial charge on any atom is -0.493 e. The van der Waals surface area contributed by atoms with E-state index in [9.17, 15) is 0 Å². The Hall–Kier alpha value is -1.69. The second kappa shape index (κ2) is 7.93. The van der Waals surface area contributed by atoms with E-state index in [-0.39, 0.29) is 5.25 Å². The van der Waals surface area contributed by atoms with E-state index in [2.05, 4.69) is 17.1 Å². The maximum absolute atomic E-state index is 5.73. The van der Waals surface area contributed by atoms with Gasteiger partial charge in [-0.25, -0.2) is 0 Å². The fourth-order valence-electron chi connectivity index (χ4n) is 1.76. The van der Waals surface area contributed by atoms with Crippen molar-refractivity contribution in [1.82, 2.24) is 10.1 Å². The van der Waals surface area contributed by atoms with Crippen molar-refractivity contribution in [3.63, 3.8) is 0 Å². The smallest absolute Gasteiger partial charge is 0.239 e. The van der Waals surface area contributed by atoms with Crippen molar-refractivity contribution in [3.05, 3.63) is 36.0 Å². The number of benzene rings is 1. The normalized spacial score (nSPS) is 12.1. The summed E-state index contributed by atoms with van der Waals surface area (Å²) in [6.45, 7) is 4.67. The molecule has 1 atom stereocenters. The lowest BCUT2D eigenvalue weighted by molar-refractivity contribution is 0.313. The van der Waals surface area contributed by atoms with Gasteiger partial charge >= 0.3 is 0 Å². The summed E-state index contributed by atoms with van der Waals surface area (Å²) in [7, 11) is 1.64. The van der Waals surface area contributed by atoms with E-state index in [0.717, 1.165) is 29.5 Å². The number of aryl methyl sites for hydroxylation is 1. The first-order valence-corrected chi connectivity index (χ1v) is 7.99. The Balaban J connectivity index is 1.76. The van der Waals surface area contributed by atoms with Crippen LogP contribution < -0.4 is 9.47 Å². The van der Waals surface area contributed by atoms with Gasteiger partial charge in [-0.3, -0.25) is 0 Å². The number of nitrogens with zero attached hydrogens (tertiary/aromatic N) is 2. The number of rotatable bonds is 8. The molecule has 1 aromatic carbocycles. The number of methoxy groups -OCH3 is 1. The van der Waals surface area contributed by atoms with Crippen LogP contribution >= 0.6 is 11.8 Å². The molecule has 0 fully saturated rings. The molecule has 21 heavy (non-hydrogen) atoms. The lowest BCUT2D eigenvalue weighted by atomic mass is 10.3. The second-order valence-electron chi connectivity index (χ2n) is 4.41. The largest absolute Gasteiger partial charge is 0.493 e. The third kappa shape index (κ3) is 4.39. The van der Waals surface area contributed by atoms with Gasteiger partial charge in [0.1, 0.15) is 0 Å².